The van der Waals surface area contributed by atoms with Crippen molar-refractivity contribution in [3.63, 3.8) is 0 Å². The molecule has 6 nitrogen and oxygen atoms in total. The fraction of sp³-hybridized carbons (Fsp3) is 0.222. The van der Waals surface area contributed by atoms with Gasteiger partial charge in [0.1, 0.15) is 0 Å². The van der Waals surface area contributed by atoms with Gasteiger partial charge in [-0.1, -0.05) is 0 Å². The summed E-state index contributed by atoms with van der Waals surface area (Å²) in [5, 5.41) is 19.3. The van der Waals surface area contributed by atoms with E-state index in [-0.39, 0.29) is 16.3 Å². The van der Waals surface area contributed by atoms with Gasteiger partial charge in [-0.2, -0.15) is 0 Å². The summed E-state index contributed by atoms with van der Waals surface area (Å²) >= 11 is 0.864. The second kappa shape index (κ2) is 5.78. The molecule has 0 saturated carbocycles. The van der Waals surface area contributed by atoms with Crippen LogP contribution in [0.25, 0.3) is 0 Å². The third kappa shape index (κ3) is 3.82. The van der Waals surface area contributed by atoms with Crippen LogP contribution < -0.4 is 0 Å². The van der Waals surface area contributed by atoms with Gasteiger partial charge in [0, 0.05) is 17.2 Å². The molecule has 0 spiro atoms. The van der Waals surface area contributed by atoms with Gasteiger partial charge in [-0.15, -0.1) is 11.8 Å². The number of hydrogen-bond donors (Lipinski definition) is 1. The molecule has 0 aromatic heterocycles. The van der Waals surface area contributed by atoms with E-state index in [1.54, 1.807) is 0 Å². The molecular formula is C9H9NO5S2. The minimum atomic E-state index is -1.31. The summed E-state index contributed by atoms with van der Waals surface area (Å²) in [7, 11) is -1.31. The van der Waals surface area contributed by atoms with Gasteiger partial charge in [-0.25, -0.2) is 0 Å². The highest BCUT2D eigenvalue weighted by atomic mass is 32.2. The van der Waals surface area contributed by atoms with Crippen LogP contribution in [0.3, 0.4) is 0 Å². The number of carboxylic acids is 1. The van der Waals surface area contributed by atoms with Gasteiger partial charge in [0.05, 0.1) is 26.4 Å². The number of carbonyl (C=O) groups is 1. The highest BCUT2D eigenvalue weighted by Crippen LogP contribution is 2.30. The number of hydrogen-bond acceptors (Lipinski definition) is 5. The highest BCUT2D eigenvalue weighted by molar-refractivity contribution is 8.00. The molecule has 92 valence electrons. The summed E-state index contributed by atoms with van der Waals surface area (Å²) in [5.41, 5.74) is -0.219. The first kappa shape index (κ1) is 13.7. The molecular weight excluding hydrogens is 266 g/mol. The van der Waals surface area contributed by atoms with Crippen molar-refractivity contribution in [1.29, 1.82) is 0 Å². The van der Waals surface area contributed by atoms with Crippen LogP contribution >= 0.6 is 11.8 Å². The number of nitrogens with zero attached hydrogens (tertiary/aromatic N) is 1. The van der Waals surface area contributed by atoms with E-state index in [9.17, 15) is 19.1 Å². The van der Waals surface area contributed by atoms with E-state index in [0.717, 1.165) is 11.8 Å². The van der Waals surface area contributed by atoms with E-state index >= 15 is 0 Å². The lowest BCUT2D eigenvalue weighted by Crippen LogP contribution is -2.00. The number of carboxylic acid groups (broad SMARTS) is 1. The van der Waals surface area contributed by atoms with Crippen LogP contribution in [-0.4, -0.2) is 32.2 Å². The minimum absolute atomic E-state index is 0.219. The van der Waals surface area contributed by atoms with Gasteiger partial charge in [-0.3, -0.25) is 19.1 Å². The molecule has 0 aliphatic carbocycles. The molecule has 8 heteroatoms. The fourth-order valence-electron chi connectivity index (χ4n) is 1.08. The topological polar surface area (TPSA) is 97.5 Å². The number of nitro benzene ring substituents is 1. The minimum Gasteiger partial charge on any atom is -0.481 e. The smallest absolute Gasteiger partial charge is 0.313 e. The van der Waals surface area contributed by atoms with E-state index < -0.39 is 21.7 Å². The van der Waals surface area contributed by atoms with Gasteiger partial charge in [0.25, 0.3) is 5.69 Å². The Balaban J connectivity index is 3.08. The van der Waals surface area contributed by atoms with Crippen molar-refractivity contribution in [3.05, 3.63) is 28.3 Å². The number of aliphatic carboxylic acids is 1. The molecule has 0 saturated heterocycles. The first-order valence-corrected chi connectivity index (χ1v) is 6.92. The summed E-state index contributed by atoms with van der Waals surface area (Å²) in [4.78, 5) is 21.2. The standard InChI is InChI=1S/C9H9NO5S2/c1-17(15)6-2-3-8(16-5-9(11)12)7(4-6)10(13)14/h2-4H,5H2,1H3,(H,11,12). The Kier molecular flexibility index (Phi) is 4.64. The molecule has 1 N–H and O–H groups in total. The molecule has 1 rings (SSSR count). The van der Waals surface area contributed by atoms with Crippen molar-refractivity contribution < 1.29 is 19.0 Å². The van der Waals surface area contributed by atoms with Crippen molar-refractivity contribution in [3.8, 4) is 0 Å². The van der Waals surface area contributed by atoms with Gasteiger partial charge in [0.15, 0.2) is 0 Å². The summed E-state index contributed by atoms with van der Waals surface area (Å²) < 4.78 is 11.2. The zero-order valence-electron chi connectivity index (χ0n) is 8.78. The van der Waals surface area contributed by atoms with Crippen LogP contribution in [0.1, 0.15) is 0 Å². The van der Waals surface area contributed by atoms with E-state index in [0.29, 0.717) is 4.90 Å². The summed E-state index contributed by atoms with van der Waals surface area (Å²) in [6, 6.07) is 4.12. The van der Waals surface area contributed by atoms with Crippen molar-refractivity contribution in [2.24, 2.45) is 0 Å². The number of rotatable bonds is 5. The maximum Gasteiger partial charge on any atom is 0.313 e. The molecule has 1 aromatic carbocycles. The Morgan fingerprint density at radius 3 is 2.71 bits per heavy atom. The number of thioether (sulfide) groups is 1. The first-order valence-electron chi connectivity index (χ1n) is 4.38. The van der Waals surface area contributed by atoms with Gasteiger partial charge < -0.3 is 5.11 Å². The third-order valence-electron chi connectivity index (χ3n) is 1.81. The SMILES string of the molecule is CS(=O)c1ccc(SCC(=O)O)c([N+](=O)[O-])c1. The van der Waals surface area contributed by atoms with Crippen LogP contribution in [0.15, 0.2) is 28.0 Å². The summed E-state index contributed by atoms with van der Waals surface area (Å²) in [6.45, 7) is 0. The average Bonchev–Trinajstić information content (AvgIpc) is 2.25. The quantitative estimate of drug-likeness (QED) is 0.497. The number of benzene rings is 1. The van der Waals surface area contributed by atoms with E-state index in [2.05, 4.69) is 0 Å². The van der Waals surface area contributed by atoms with Crippen LogP contribution in [0.4, 0.5) is 5.69 Å². The number of nitro groups is 1. The third-order valence-corrected chi connectivity index (χ3v) is 3.78. The summed E-state index contributed by atoms with van der Waals surface area (Å²) in [6.07, 6.45) is 1.42. The van der Waals surface area contributed by atoms with Crippen LogP contribution in [0.2, 0.25) is 0 Å². The second-order valence-electron chi connectivity index (χ2n) is 3.02. The lowest BCUT2D eigenvalue weighted by atomic mass is 10.3. The lowest BCUT2D eigenvalue weighted by molar-refractivity contribution is -0.387. The van der Waals surface area contributed by atoms with Crippen LogP contribution in [0.5, 0.6) is 0 Å². The fourth-order valence-corrected chi connectivity index (χ4v) is 2.34. The van der Waals surface area contributed by atoms with Crippen molar-refractivity contribution in [2.45, 2.75) is 9.79 Å². The Labute approximate surface area is 104 Å². The molecule has 1 aromatic rings. The zero-order valence-corrected chi connectivity index (χ0v) is 10.4. The van der Waals surface area contributed by atoms with Crippen molar-refractivity contribution >= 4 is 34.2 Å². The predicted molar refractivity (Wildman–Crippen MR) is 63.8 cm³/mol. The monoisotopic (exact) mass is 275 g/mol. The molecule has 0 amide bonds. The summed E-state index contributed by atoms with van der Waals surface area (Å²) in [5.74, 6) is -1.30. The van der Waals surface area contributed by atoms with E-state index in [1.807, 2.05) is 0 Å². The maximum absolute atomic E-state index is 11.2. The second-order valence-corrected chi connectivity index (χ2v) is 5.42. The molecule has 0 aliphatic heterocycles. The van der Waals surface area contributed by atoms with Crippen molar-refractivity contribution in [1.82, 2.24) is 0 Å². The normalized spacial score (nSPS) is 12.1. The predicted octanol–water partition coefficient (Wildman–Crippen LogP) is 1.51. The molecule has 0 fully saturated rings. The molecule has 17 heavy (non-hydrogen) atoms. The first-order chi connectivity index (χ1) is 7.91. The van der Waals surface area contributed by atoms with E-state index in [1.165, 1.54) is 24.5 Å². The zero-order chi connectivity index (χ0) is 13.0. The van der Waals surface area contributed by atoms with Gasteiger partial charge >= 0.3 is 5.97 Å². The Morgan fingerprint density at radius 2 is 2.24 bits per heavy atom. The molecule has 0 radical (unpaired) electrons. The molecule has 1 atom stereocenters. The Morgan fingerprint density at radius 1 is 1.59 bits per heavy atom. The molecule has 0 heterocycles. The molecule has 0 aliphatic rings. The largest absolute Gasteiger partial charge is 0.481 e. The highest BCUT2D eigenvalue weighted by Gasteiger charge is 2.17. The Bertz CT molecular complexity index is 488. The average molecular weight is 275 g/mol. The molecule has 1 unspecified atom stereocenters. The van der Waals surface area contributed by atoms with Crippen LogP contribution in [-0.2, 0) is 15.6 Å². The van der Waals surface area contributed by atoms with Gasteiger partial charge in [0.2, 0.25) is 0 Å². The lowest BCUT2D eigenvalue weighted by Gasteiger charge is -2.02. The van der Waals surface area contributed by atoms with Crippen molar-refractivity contribution in [2.75, 3.05) is 12.0 Å². The van der Waals surface area contributed by atoms with Crippen LogP contribution in [0, 0.1) is 10.1 Å². The Hall–Kier alpha value is -1.41. The van der Waals surface area contributed by atoms with Gasteiger partial charge in [-0.05, 0) is 12.1 Å². The maximum atomic E-state index is 11.2. The molecule has 0 bridgehead atoms. The van der Waals surface area contributed by atoms with E-state index in [4.69, 9.17) is 5.11 Å².